The van der Waals surface area contributed by atoms with Crippen LogP contribution < -0.4 is 5.32 Å². The quantitative estimate of drug-likeness (QED) is 0.663. The molecule has 0 aliphatic heterocycles. The number of aromatic nitrogens is 1. The molecular weight excluding hydrogens is 358 g/mol. The third-order valence-electron chi connectivity index (χ3n) is 3.10. The number of nitrogens with zero attached hydrogens (tertiary/aromatic N) is 1. The molecule has 3 nitrogen and oxygen atoms in total. The number of amides is 1. The van der Waals surface area contributed by atoms with Gasteiger partial charge in [0.1, 0.15) is 5.82 Å². The van der Waals surface area contributed by atoms with Crippen molar-refractivity contribution >= 4 is 46.3 Å². The SMILES string of the molecule is O=C(Nc1ccc(F)cc1)c1c(Cl)nsc1-c1ccccc1Cl. The van der Waals surface area contributed by atoms with Crippen molar-refractivity contribution in [1.82, 2.24) is 4.37 Å². The van der Waals surface area contributed by atoms with Crippen LogP contribution in [0, 0.1) is 5.82 Å². The van der Waals surface area contributed by atoms with E-state index in [1.54, 1.807) is 18.2 Å². The van der Waals surface area contributed by atoms with Crippen LogP contribution in [-0.4, -0.2) is 10.3 Å². The van der Waals surface area contributed by atoms with Gasteiger partial charge in [0.2, 0.25) is 0 Å². The molecule has 0 bridgehead atoms. The van der Waals surface area contributed by atoms with E-state index in [-0.39, 0.29) is 16.5 Å². The Labute approximate surface area is 145 Å². The minimum absolute atomic E-state index is 0.101. The molecule has 0 aliphatic carbocycles. The van der Waals surface area contributed by atoms with Crippen molar-refractivity contribution in [1.29, 1.82) is 0 Å². The summed E-state index contributed by atoms with van der Waals surface area (Å²) < 4.78 is 17.0. The molecule has 0 fully saturated rings. The monoisotopic (exact) mass is 366 g/mol. The summed E-state index contributed by atoms with van der Waals surface area (Å²) in [6.45, 7) is 0. The third-order valence-corrected chi connectivity index (χ3v) is 4.68. The number of hydrogen-bond donors (Lipinski definition) is 1. The fraction of sp³-hybridized carbons (Fsp3) is 0. The lowest BCUT2D eigenvalue weighted by Crippen LogP contribution is -2.12. The maximum absolute atomic E-state index is 12.9. The van der Waals surface area contributed by atoms with E-state index in [1.165, 1.54) is 24.3 Å². The summed E-state index contributed by atoms with van der Waals surface area (Å²) in [5, 5.41) is 3.28. The van der Waals surface area contributed by atoms with Gasteiger partial charge in [-0.25, -0.2) is 4.39 Å². The molecule has 2 aromatic carbocycles. The molecule has 0 atom stereocenters. The highest BCUT2D eigenvalue weighted by atomic mass is 35.5. The Morgan fingerprint density at radius 3 is 2.48 bits per heavy atom. The predicted octanol–water partition coefficient (Wildman–Crippen LogP) is 5.51. The highest BCUT2D eigenvalue weighted by Gasteiger charge is 2.22. The van der Waals surface area contributed by atoms with Gasteiger partial charge in [0.15, 0.2) is 5.15 Å². The van der Waals surface area contributed by atoms with Crippen molar-refractivity contribution in [3.05, 3.63) is 70.1 Å². The number of hydrogen-bond acceptors (Lipinski definition) is 3. The van der Waals surface area contributed by atoms with Crippen LogP contribution in [0.3, 0.4) is 0 Å². The molecule has 0 unspecified atom stereocenters. The van der Waals surface area contributed by atoms with E-state index in [4.69, 9.17) is 23.2 Å². The molecule has 1 amide bonds. The molecule has 1 heterocycles. The Hall–Kier alpha value is -1.95. The Bertz CT molecular complexity index is 865. The molecule has 0 saturated heterocycles. The summed E-state index contributed by atoms with van der Waals surface area (Å²) in [6, 6.07) is 12.6. The van der Waals surface area contributed by atoms with E-state index >= 15 is 0 Å². The largest absolute Gasteiger partial charge is 0.322 e. The summed E-state index contributed by atoms with van der Waals surface area (Å²) >= 11 is 13.4. The molecule has 23 heavy (non-hydrogen) atoms. The Morgan fingerprint density at radius 2 is 1.78 bits per heavy atom. The van der Waals surface area contributed by atoms with E-state index in [9.17, 15) is 9.18 Å². The summed E-state index contributed by atoms with van der Waals surface area (Å²) in [5.41, 5.74) is 1.39. The highest BCUT2D eigenvalue weighted by molar-refractivity contribution is 7.10. The van der Waals surface area contributed by atoms with E-state index in [0.29, 0.717) is 21.2 Å². The van der Waals surface area contributed by atoms with Crippen molar-refractivity contribution in [3.8, 4) is 10.4 Å². The zero-order valence-corrected chi connectivity index (χ0v) is 13.8. The molecule has 116 valence electrons. The van der Waals surface area contributed by atoms with Gasteiger partial charge in [-0.15, -0.1) is 0 Å². The van der Waals surface area contributed by atoms with Crippen molar-refractivity contribution in [2.45, 2.75) is 0 Å². The predicted molar refractivity (Wildman–Crippen MR) is 91.9 cm³/mol. The lowest BCUT2D eigenvalue weighted by molar-refractivity contribution is 0.102. The molecular formula is C16H9Cl2FN2OS. The topological polar surface area (TPSA) is 42.0 Å². The van der Waals surface area contributed by atoms with Gasteiger partial charge in [0, 0.05) is 16.3 Å². The standard InChI is InChI=1S/C16H9Cl2FN2OS/c17-12-4-2-1-3-11(12)14-13(15(18)21-23-14)16(22)20-10-7-5-9(19)6-8-10/h1-8H,(H,20,22). The number of carbonyl (C=O) groups is 1. The van der Waals surface area contributed by atoms with Gasteiger partial charge >= 0.3 is 0 Å². The molecule has 0 saturated carbocycles. The lowest BCUT2D eigenvalue weighted by atomic mass is 10.1. The van der Waals surface area contributed by atoms with Crippen LogP contribution in [0.15, 0.2) is 48.5 Å². The average Bonchev–Trinajstić information content (AvgIpc) is 2.91. The minimum atomic E-state index is -0.426. The van der Waals surface area contributed by atoms with Crippen LogP contribution >= 0.6 is 34.7 Å². The minimum Gasteiger partial charge on any atom is -0.322 e. The maximum Gasteiger partial charge on any atom is 0.260 e. The lowest BCUT2D eigenvalue weighted by Gasteiger charge is -2.07. The molecule has 1 aromatic heterocycles. The molecule has 7 heteroatoms. The van der Waals surface area contributed by atoms with Crippen molar-refractivity contribution in [2.75, 3.05) is 5.32 Å². The van der Waals surface area contributed by atoms with Gasteiger partial charge in [-0.05, 0) is 41.9 Å². The van der Waals surface area contributed by atoms with Gasteiger partial charge in [-0.3, -0.25) is 4.79 Å². The van der Waals surface area contributed by atoms with Crippen molar-refractivity contribution in [2.24, 2.45) is 0 Å². The molecule has 0 radical (unpaired) electrons. The van der Waals surface area contributed by atoms with Crippen LogP contribution in [0.4, 0.5) is 10.1 Å². The normalized spacial score (nSPS) is 10.6. The average molecular weight is 367 g/mol. The fourth-order valence-corrected chi connectivity index (χ4v) is 3.47. The van der Waals surface area contributed by atoms with Crippen LogP contribution in [0.25, 0.3) is 10.4 Å². The number of nitrogens with one attached hydrogen (secondary N) is 1. The maximum atomic E-state index is 12.9. The first-order valence-corrected chi connectivity index (χ1v) is 8.06. The molecule has 0 aliphatic rings. The zero-order valence-electron chi connectivity index (χ0n) is 11.5. The Balaban J connectivity index is 1.97. The Morgan fingerprint density at radius 1 is 1.09 bits per heavy atom. The van der Waals surface area contributed by atoms with Crippen molar-refractivity contribution < 1.29 is 9.18 Å². The molecule has 0 spiro atoms. The summed E-state index contributed by atoms with van der Waals surface area (Å²) in [7, 11) is 0. The highest BCUT2D eigenvalue weighted by Crippen LogP contribution is 2.37. The van der Waals surface area contributed by atoms with Gasteiger partial charge in [-0.2, -0.15) is 4.37 Å². The van der Waals surface area contributed by atoms with Gasteiger partial charge < -0.3 is 5.32 Å². The molecule has 3 rings (SSSR count). The first kappa shape index (κ1) is 15.9. The second-order valence-electron chi connectivity index (χ2n) is 4.62. The van der Waals surface area contributed by atoms with Crippen LogP contribution in [-0.2, 0) is 0 Å². The smallest absolute Gasteiger partial charge is 0.260 e. The van der Waals surface area contributed by atoms with Gasteiger partial charge in [0.25, 0.3) is 5.91 Å². The molecule has 3 aromatic rings. The number of halogens is 3. The summed E-state index contributed by atoms with van der Waals surface area (Å²) in [5.74, 6) is -0.805. The van der Waals surface area contributed by atoms with E-state index in [1.807, 2.05) is 6.07 Å². The van der Waals surface area contributed by atoms with Gasteiger partial charge in [-0.1, -0.05) is 41.4 Å². The van der Waals surface area contributed by atoms with Crippen LogP contribution in [0.2, 0.25) is 10.2 Å². The second-order valence-corrected chi connectivity index (χ2v) is 6.16. The van der Waals surface area contributed by atoms with Gasteiger partial charge in [0.05, 0.1) is 10.4 Å². The number of benzene rings is 2. The second kappa shape index (κ2) is 6.66. The molecule has 1 N–H and O–H groups in total. The summed E-state index contributed by atoms with van der Waals surface area (Å²) in [4.78, 5) is 13.1. The van der Waals surface area contributed by atoms with E-state index < -0.39 is 5.91 Å². The summed E-state index contributed by atoms with van der Waals surface area (Å²) in [6.07, 6.45) is 0. The van der Waals surface area contributed by atoms with Crippen LogP contribution in [0.5, 0.6) is 0 Å². The van der Waals surface area contributed by atoms with Crippen LogP contribution in [0.1, 0.15) is 10.4 Å². The van der Waals surface area contributed by atoms with E-state index in [2.05, 4.69) is 9.69 Å². The zero-order chi connectivity index (χ0) is 16.4. The first-order chi connectivity index (χ1) is 11.1. The Kier molecular flexibility index (Phi) is 4.61. The van der Waals surface area contributed by atoms with E-state index in [0.717, 1.165) is 11.5 Å². The fourth-order valence-electron chi connectivity index (χ4n) is 2.02. The number of carbonyl (C=O) groups excluding carboxylic acids is 1. The van der Waals surface area contributed by atoms with Crippen molar-refractivity contribution in [3.63, 3.8) is 0 Å². The number of anilines is 1. The number of rotatable bonds is 3. The first-order valence-electron chi connectivity index (χ1n) is 6.53. The third kappa shape index (κ3) is 3.37.